The molecule has 0 aliphatic carbocycles. The lowest BCUT2D eigenvalue weighted by Gasteiger charge is -2.19. The van der Waals surface area contributed by atoms with Gasteiger partial charge in [-0.05, 0) is 18.8 Å². The fraction of sp³-hybridized carbons (Fsp3) is 0.962. The Bertz CT molecular complexity index is 343. The summed E-state index contributed by atoms with van der Waals surface area (Å²) in [7, 11) is 0. The van der Waals surface area contributed by atoms with Crippen LogP contribution in [0.3, 0.4) is 0 Å². The molecular formula is C26H52O3. The summed E-state index contributed by atoms with van der Waals surface area (Å²) in [6.45, 7) is 7.25. The molecule has 174 valence electrons. The van der Waals surface area contributed by atoms with Gasteiger partial charge in [0.25, 0.3) is 0 Å². The van der Waals surface area contributed by atoms with Crippen LogP contribution in [0.2, 0.25) is 0 Å². The predicted molar refractivity (Wildman–Crippen MR) is 126 cm³/mol. The first kappa shape index (κ1) is 28.4. The summed E-state index contributed by atoms with van der Waals surface area (Å²) < 4.78 is 5.77. The molecule has 0 fully saturated rings. The monoisotopic (exact) mass is 412 g/mol. The maximum absolute atomic E-state index is 11.5. The van der Waals surface area contributed by atoms with Gasteiger partial charge in [-0.1, -0.05) is 130 Å². The predicted octanol–water partition coefficient (Wildman–Crippen LogP) is 8.54. The van der Waals surface area contributed by atoms with E-state index in [2.05, 4.69) is 20.8 Å². The summed E-state index contributed by atoms with van der Waals surface area (Å²) in [5, 5.41) is 9.41. The topological polar surface area (TPSA) is 46.5 Å². The standard InChI is InChI=1S/C26H52O3/c1-4-7-9-10-11-12-13-14-15-16-17-18-19-20-22-25(26(27)28)29-23-24(6-3)21-8-5-2/h24-25H,4-23H2,1-3H3,(H,27,28). The van der Waals surface area contributed by atoms with E-state index in [0.29, 0.717) is 18.9 Å². The SMILES string of the molecule is CCCCCCCCCCCCCCCCC(OCC(CC)CCCC)C(=O)O. The van der Waals surface area contributed by atoms with Gasteiger partial charge in [-0.2, -0.15) is 0 Å². The smallest absolute Gasteiger partial charge is 0.332 e. The van der Waals surface area contributed by atoms with E-state index in [4.69, 9.17) is 4.74 Å². The summed E-state index contributed by atoms with van der Waals surface area (Å²) >= 11 is 0. The highest BCUT2D eigenvalue weighted by atomic mass is 16.5. The molecule has 0 aliphatic rings. The van der Waals surface area contributed by atoms with Gasteiger partial charge < -0.3 is 9.84 Å². The highest BCUT2D eigenvalue weighted by molar-refractivity contribution is 5.72. The molecule has 0 aromatic carbocycles. The molecule has 0 amide bonds. The van der Waals surface area contributed by atoms with E-state index in [1.165, 1.54) is 89.9 Å². The second-order valence-electron chi connectivity index (χ2n) is 8.96. The number of carbonyl (C=O) groups is 1. The first-order chi connectivity index (χ1) is 14.2. The van der Waals surface area contributed by atoms with E-state index in [-0.39, 0.29) is 0 Å². The third-order valence-electron chi connectivity index (χ3n) is 6.17. The molecule has 3 nitrogen and oxygen atoms in total. The fourth-order valence-corrected chi connectivity index (χ4v) is 3.95. The van der Waals surface area contributed by atoms with Crippen LogP contribution >= 0.6 is 0 Å². The van der Waals surface area contributed by atoms with E-state index < -0.39 is 12.1 Å². The lowest BCUT2D eigenvalue weighted by molar-refractivity contribution is -0.151. The van der Waals surface area contributed by atoms with Crippen LogP contribution in [-0.4, -0.2) is 23.8 Å². The van der Waals surface area contributed by atoms with E-state index in [1.54, 1.807) is 0 Å². The average Bonchev–Trinajstić information content (AvgIpc) is 2.72. The van der Waals surface area contributed by atoms with Crippen molar-refractivity contribution in [3.8, 4) is 0 Å². The molecule has 0 saturated carbocycles. The minimum Gasteiger partial charge on any atom is -0.479 e. The van der Waals surface area contributed by atoms with E-state index in [0.717, 1.165) is 25.7 Å². The number of carboxylic acid groups (broad SMARTS) is 1. The number of aliphatic carboxylic acids is 1. The van der Waals surface area contributed by atoms with Crippen LogP contribution in [0.1, 0.15) is 143 Å². The van der Waals surface area contributed by atoms with Gasteiger partial charge in [-0.15, -0.1) is 0 Å². The second kappa shape index (κ2) is 22.1. The van der Waals surface area contributed by atoms with Crippen LogP contribution in [0.5, 0.6) is 0 Å². The van der Waals surface area contributed by atoms with Gasteiger partial charge in [0.2, 0.25) is 0 Å². The molecule has 0 rings (SSSR count). The third-order valence-corrected chi connectivity index (χ3v) is 6.17. The zero-order valence-electron chi connectivity index (χ0n) is 20.1. The molecule has 0 radical (unpaired) electrons. The first-order valence-electron chi connectivity index (χ1n) is 13.0. The Kier molecular flexibility index (Phi) is 21.7. The van der Waals surface area contributed by atoms with Crippen molar-refractivity contribution in [1.29, 1.82) is 0 Å². The third kappa shape index (κ3) is 19.2. The maximum Gasteiger partial charge on any atom is 0.332 e. The molecule has 29 heavy (non-hydrogen) atoms. The molecule has 0 aliphatic heterocycles. The summed E-state index contributed by atoms with van der Waals surface area (Å²) in [4.78, 5) is 11.5. The number of ether oxygens (including phenoxy) is 1. The van der Waals surface area contributed by atoms with Crippen molar-refractivity contribution in [3.05, 3.63) is 0 Å². The Morgan fingerprint density at radius 1 is 0.655 bits per heavy atom. The normalized spacial score (nSPS) is 13.5. The van der Waals surface area contributed by atoms with Crippen molar-refractivity contribution >= 4 is 5.97 Å². The lowest BCUT2D eigenvalue weighted by atomic mass is 10.0. The number of unbranched alkanes of at least 4 members (excludes halogenated alkanes) is 14. The summed E-state index contributed by atoms with van der Waals surface area (Å²) in [5.41, 5.74) is 0. The van der Waals surface area contributed by atoms with Crippen LogP contribution in [0.15, 0.2) is 0 Å². The number of hydrogen-bond acceptors (Lipinski definition) is 2. The minimum absolute atomic E-state index is 0.508. The quantitative estimate of drug-likeness (QED) is 0.171. The summed E-state index contributed by atoms with van der Waals surface area (Å²) in [6, 6.07) is 0. The van der Waals surface area contributed by atoms with Gasteiger partial charge in [-0.25, -0.2) is 4.79 Å². The Balaban J connectivity index is 3.56. The van der Waals surface area contributed by atoms with Gasteiger partial charge in [0.05, 0.1) is 6.61 Å². The lowest BCUT2D eigenvalue weighted by Crippen LogP contribution is -2.26. The molecule has 3 heteroatoms. The Morgan fingerprint density at radius 2 is 1.10 bits per heavy atom. The molecule has 2 unspecified atom stereocenters. The molecule has 0 aromatic heterocycles. The van der Waals surface area contributed by atoms with Crippen LogP contribution in [-0.2, 0) is 9.53 Å². The molecule has 0 heterocycles. The van der Waals surface area contributed by atoms with Gasteiger partial charge in [-0.3, -0.25) is 0 Å². The van der Waals surface area contributed by atoms with Crippen molar-refractivity contribution in [1.82, 2.24) is 0 Å². The van der Waals surface area contributed by atoms with Crippen molar-refractivity contribution in [2.75, 3.05) is 6.61 Å². The zero-order valence-corrected chi connectivity index (χ0v) is 20.1. The fourth-order valence-electron chi connectivity index (χ4n) is 3.95. The number of hydrogen-bond donors (Lipinski definition) is 1. The molecule has 0 bridgehead atoms. The van der Waals surface area contributed by atoms with Crippen LogP contribution in [0.4, 0.5) is 0 Å². The first-order valence-corrected chi connectivity index (χ1v) is 13.0. The van der Waals surface area contributed by atoms with E-state index in [1.807, 2.05) is 0 Å². The van der Waals surface area contributed by atoms with E-state index >= 15 is 0 Å². The van der Waals surface area contributed by atoms with E-state index in [9.17, 15) is 9.90 Å². The number of rotatable bonds is 23. The maximum atomic E-state index is 11.5. The summed E-state index contributed by atoms with van der Waals surface area (Å²) in [6.07, 6.45) is 23.2. The van der Waals surface area contributed by atoms with Crippen LogP contribution in [0, 0.1) is 5.92 Å². The molecule has 1 N–H and O–H groups in total. The molecule has 0 spiro atoms. The van der Waals surface area contributed by atoms with Crippen LogP contribution in [0.25, 0.3) is 0 Å². The highest BCUT2D eigenvalue weighted by Gasteiger charge is 2.19. The van der Waals surface area contributed by atoms with Crippen molar-refractivity contribution in [2.24, 2.45) is 5.92 Å². The second-order valence-corrected chi connectivity index (χ2v) is 8.96. The molecule has 2 atom stereocenters. The molecular weight excluding hydrogens is 360 g/mol. The van der Waals surface area contributed by atoms with Crippen molar-refractivity contribution in [3.63, 3.8) is 0 Å². The zero-order chi connectivity index (χ0) is 21.6. The van der Waals surface area contributed by atoms with Crippen LogP contribution < -0.4 is 0 Å². The molecule has 0 saturated heterocycles. The Morgan fingerprint density at radius 3 is 1.52 bits per heavy atom. The molecule has 0 aromatic rings. The van der Waals surface area contributed by atoms with Gasteiger partial charge >= 0.3 is 5.97 Å². The average molecular weight is 413 g/mol. The highest BCUT2D eigenvalue weighted by Crippen LogP contribution is 2.17. The Hall–Kier alpha value is -0.570. The van der Waals surface area contributed by atoms with Gasteiger partial charge in [0.15, 0.2) is 6.10 Å². The number of carboxylic acids is 1. The van der Waals surface area contributed by atoms with Crippen molar-refractivity contribution < 1.29 is 14.6 Å². The van der Waals surface area contributed by atoms with Crippen molar-refractivity contribution in [2.45, 2.75) is 149 Å². The largest absolute Gasteiger partial charge is 0.479 e. The minimum atomic E-state index is -0.787. The van der Waals surface area contributed by atoms with Gasteiger partial charge in [0.1, 0.15) is 0 Å². The summed E-state index contributed by atoms with van der Waals surface area (Å²) in [5.74, 6) is -0.279. The Labute approximate surface area is 182 Å². The van der Waals surface area contributed by atoms with Gasteiger partial charge in [0, 0.05) is 0 Å².